The molecule has 0 spiro atoms. The van der Waals surface area contributed by atoms with Crippen molar-refractivity contribution < 1.29 is 17.7 Å². The van der Waals surface area contributed by atoms with Gasteiger partial charge in [0.15, 0.2) is 10.8 Å². The second kappa shape index (κ2) is 5.43. The summed E-state index contributed by atoms with van der Waals surface area (Å²) in [4.78, 5) is 11.7. The van der Waals surface area contributed by atoms with E-state index in [1.54, 1.807) is 6.92 Å². The lowest BCUT2D eigenvalue weighted by molar-refractivity contribution is -0.116. The smallest absolute Gasteiger partial charge is 0.260 e. The SMILES string of the molecule is Cc1cc(NC(=O)CN(C)S(=O)(=O)c2ccn[nH]2)no1. The van der Waals surface area contributed by atoms with Crippen molar-refractivity contribution in [2.75, 3.05) is 18.9 Å². The highest BCUT2D eigenvalue weighted by Crippen LogP contribution is 2.11. The molecule has 0 fully saturated rings. The Morgan fingerprint density at radius 3 is 2.85 bits per heavy atom. The van der Waals surface area contributed by atoms with Gasteiger partial charge in [-0.05, 0) is 13.0 Å². The molecule has 0 saturated carbocycles. The Hall–Kier alpha value is -2.20. The number of hydrogen-bond acceptors (Lipinski definition) is 6. The predicted molar refractivity (Wildman–Crippen MR) is 68.3 cm³/mol. The number of sulfonamides is 1. The van der Waals surface area contributed by atoms with E-state index in [1.807, 2.05) is 0 Å². The minimum Gasteiger partial charge on any atom is -0.360 e. The molecular weight excluding hydrogens is 286 g/mol. The van der Waals surface area contributed by atoms with Crippen molar-refractivity contribution in [1.82, 2.24) is 19.7 Å². The maximum atomic E-state index is 12.0. The summed E-state index contributed by atoms with van der Waals surface area (Å²) in [5.41, 5.74) is 0. The first-order valence-electron chi connectivity index (χ1n) is 5.58. The molecule has 2 rings (SSSR count). The van der Waals surface area contributed by atoms with Crippen molar-refractivity contribution in [3.8, 4) is 0 Å². The quantitative estimate of drug-likeness (QED) is 0.799. The fourth-order valence-corrected chi connectivity index (χ4v) is 2.47. The van der Waals surface area contributed by atoms with E-state index >= 15 is 0 Å². The van der Waals surface area contributed by atoms with E-state index in [2.05, 4.69) is 20.7 Å². The maximum absolute atomic E-state index is 12.0. The Morgan fingerprint density at radius 2 is 2.30 bits per heavy atom. The lowest BCUT2D eigenvalue weighted by atomic mass is 10.5. The molecule has 2 aromatic heterocycles. The van der Waals surface area contributed by atoms with E-state index < -0.39 is 15.9 Å². The van der Waals surface area contributed by atoms with Gasteiger partial charge in [0.2, 0.25) is 5.91 Å². The van der Waals surface area contributed by atoms with Crippen molar-refractivity contribution in [1.29, 1.82) is 0 Å². The van der Waals surface area contributed by atoms with Gasteiger partial charge >= 0.3 is 0 Å². The fraction of sp³-hybridized carbons (Fsp3) is 0.300. The van der Waals surface area contributed by atoms with Crippen LogP contribution in [-0.2, 0) is 14.8 Å². The minimum absolute atomic E-state index is 0.0786. The molecule has 9 nitrogen and oxygen atoms in total. The van der Waals surface area contributed by atoms with E-state index in [9.17, 15) is 13.2 Å². The van der Waals surface area contributed by atoms with Crippen LogP contribution in [0.1, 0.15) is 5.76 Å². The molecule has 0 atom stereocenters. The summed E-state index contributed by atoms with van der Waals surface area (Å²) in [6.45, 7) is 1.32. The number of likely N-dealkylation sites (N-methyl/N-ethyl adjacent to an activating group) is 1. The summed E-state index contributed by atoms with van der Waals surface area (Å²) < 4.78 is 29.7. The number of aromatic nitrogens is 3. The summed E-state index contributed by atoms with van der Waals surface area (Å²) in [7, 11) is -2.47. The zero-order valence-electron chi connectivity index (χ0n) is 10.8. The Labute approximate surface area is 115 Å². The van der Waals surface area contributed by atoms with Gasteiger partial charge in [0.1, 0.15) is 5.76 Å². The first-order valence-corrected chi connectivity index (χ1v) is 7.02. The van der Waals surface area contributed by atoms with Gasteiger partial charge in [0.05, 0.1) is 12.7 Å². The van der Waals surface area contributed by atoms with Crippen LogP contribution in [0.5, 0.6) is 0 Å². The van der Waals surface area contributed by atoms with E-state index in [0.717, 1.165) is 4.31 Å². The van der Waals surface area contributed by atoms with Gasteiger partial charge in [-0.3, -0.25) is 9.89 Å². The molecule has 0 bridgehead atoms. The number of nitrogens with one attached hydrogen (secondary N) is 2. The highest BCUT2D eigenvalue weighted by Gasteiger charge is 2.24. The monoisotopic (exact) mass is 299 g/mol. The van der Waals surface area contributed by atoms with Gasteiger partial charge in [-0.2, -0.15) is 9.40 Å². The average Bonchev–Trinajstić information content (AvgIpc) is 3.00. The molecule has 0 aliphatic rings. The second-order valence-electron chi connectivity index (χ2n) is 4.05. The highest BCUT2D eigenvalue weighted by atomic mass is 32.2. The van der Waals surface area contributed by atoms with Gasteiger partial charge in [-0.25, -0.2) is 8.42 Å². The van der Waals surface area contributed by atoms with Gasteiger partial charge in [-0.15, -0.1) is 0 Å². The first-order chi connectivity index (χ1) is 9.39. The number of carbonyl (C=O) groups is 1. The minimum atomic E-state index is -3.77. The molecule has 2 heterocycles. The number of aryl methyl sites for hydroxylation is 1. The van der Waals surface area contributed by atoms with Gasteiger partial charge in [0.25, 0.3) is 10.0 Å². The van der Waals surface area contributed by atoms with E-state index in [4.69, 9.17) is 4.52 Å². The molecule has 20 heavy (non-hydrogen) atoms. The van der Waals surface area contributed by atoms with Crippen LogP contribution in [0.25, 0.3) is 0 Å². The number of amides is 1. The summed E-state index contributed by atoms with van der Waals surface area (Å²) in [6.07, 6.45) is 1.32. The molecule has 2 N–H and O–H groups in total. The largest absolute Gasteiger partial charge is 0.360 e. The molecule has 0 radical (unpaired) electrons. The van der Waals surface area contributed by atoms with Crippen LogP contribution in [0, 0.1) is 6.92 Å². The molecule has 10 heteroatoms. The average molecular weight is 299 g/mol. The van der Waals surface area contributed by atoms with Crippen LogP contribution in [0.3, 0.4) is 0 Å². The first kappa shape index (κ1) is 14.2. The highest BCUT2D eigenvalue weighted by molar-refractivity contribution is 7.89. The van der Waals surface area contributed by atoms with Crippen molar-refractivity contribution >= 4 is 21.7 Å². The normalized spacial score (nSPS) is 11.8. The summed E-state index contributed by atoms with van der Waals surface area (Å²) in [5.74, 6) is 0.252. The third-order valence-electron chi connectivity index (χ3n) is 2.43. The van der Waals surface area contributed by atoms with Crippen molar-refractivity contribution in [3.63, 3.8) is 0 Å². The lowest BCUT2D eigenvalue weighted by Crippen LogP contribution is -2.35. The number of H-pyrrole nitrogens is 1. The molecule has 1 amide bonds. The van der Waals surface area contributed by atoms with Gasteiger partial charge < -0.3 is 9.84 Å². The topological polar surface area (TPSA) is 121 Å². The van der Waals surface area contributed by atoms with Crippen LogP contribution >= 0.6 is 0 Å². The third kappa shape index (κ3) is 3.03. The van der Waals surface area contributed by atoms with E-state index in [0.29, 0.717) is 5.76 Å². The fourth-order valence-electron chi connectivity index (χ4n) is 1.45. The van der Waals surface area contributed by atoms with Crippen molar-refractivity contribution in [3.05, 3.63) is 24.1 Å². The molecule has 2 aromatic rings. The molecule has 108 valence electrons. The van der Waals surface area contributed by atoms with Crippen LogP contribution in [0.2, 0.25) is 0 Å². The number of anilines is 1. The lowest BCUT2D eigenvalue weighted by Gasteiger charge is -2.14. The summed E-state index contributed by atoms with van der Waals surface area (Å²) >= 11 is 0. The molecular formula is C10H13N5O4S. The predicted octanol–water partition coefficient (Wildman–Crippen LogP) is -0.0347. The van der Waals surface area contributed by atoms with E-state index in [-0.39, 0.29) is 17.4 Å². The van der Waals surface area contributed by atoms with Crippen LogP contribution < -0.4 is 5.32 Å². The van der Waals surface area contributed by atoms with Crippen LogP contribution in [0.4, 0.5) is 5.82 Å². The standard InChI is InChI=1S/C10H13N5O4S/c1-7-5-8(14-19-7)12-9(16)6-15(2)20(17,18)10-3-4-11-13-10/h3-5H,6H2,1-2H3,(H,11,13)(H,12,14,16). The Balaban J connectivity index is 2.01. The Morgan fingerprint density at radius 1 is 1.55 bits per heavy atom. The van der Waals surface area contributed by atoms with Crippen LogP contribution in [0.15, 0.2) is 27.9 Å². The number of aromatic amines is 1. The summed E-state index contributed by atoms with van der Waals surface area (Å²) in [6, 6.07) is 2.84. The number of carbonyl (C=O) groups excluding carboxylic acids is 1. The third-order valence-corrected chi connectivity index (χ3v) is 4.16. The van der Waals surface area contributed by atoms with Gasteiger partial charge in [0, 0.05) is 13.1 Å². The second-order valence-corrected chi connectivity index (χ2v) is 6.07. The number of rotatable bonds is 5. The number of nitrogens with zero attached hydrogens (tertiary/aromatic N) is 3. The maximum Gasteiger partial charge on any atom is 0.260 e. The zero-order valence-corrected chi connectivity index (χ0v) is 11.6. The van der Waals surface area contributed by atoms with Crippen molar-refractivity contribution in [2.24, 2.45) is 0 Å². The molecule has 0 aliphatic carbocycles. The summed E-state index contributed by atoms with van der Waals surface area (Å²) in [5, 5.41) is 11.9. The van der Waals surface area contributed by atoms with Crippen molar-refractivity contribution in [2.45, 2.75) is 11.9 Å². The van der Waals surface area contributed by atoms with Gasteiger partial charge in [-0.1, -0.05) is 5.16 Å². The zero-order chi connectivity index (χ0) is 14.8. The Kier molecular flexibility index (Phi) is 3.86. The molecule has 0 aliphatic heterocycles. The molecule has 0 saturated heterocycles. The number of hydrogen-bond donors (Lipinski definition) is 2. The molecule has 0 aromatic carbocycles. The Bertz CT molecular complexity index is 691. The molecule has 0 unspecified atom stereocenters. The van der Waals surface area contributed by atoms with E-state index in [1.165, 1.54) is 25.4 Å². The van der Waals surface area contributed by atoms with Crippen LogP contribution in [-0.4, -0.2) is 47.6 Å².